The molecular formula is C15H13FN2O. The second-order valence-corrected chi connectivity index (χ2v) is 3.96. The first-order chi connectivity index (χ1) is 9.16. The molecule has 3 nitrogen and oxygen atoms in total. The van der Waals surface area contributed by atoms with Crippen molar-refractivity contribution in [1.29, 1.82) is 0 Å². The van der Waals surface area contributed by atoms with Crippen LogP contribution in [0, 0.1) is 5.82 Å². The van der Waals surface area contributed by atoms with E-state index in [1.165, 1.54) is 23.1 Å². The lowest BCUT2D eigenvalue weighted by molar-refractivity contribution is -0.113. The summed E-state index contributed by atoms with van der Waals surface area (Å²) in [5, 5.41) is 0. The van der Waals surface area contributed by atoms with Gasteiger partial charge in [0.2, 0.25) is 0 Å². The zero-order valence-corrected chi connectivity index (χ0v) is 10.5. The van der Waals surface area contributed by atoms with E-state index in [1.54, 1.807) is 31.5 Å². The summed E-state index contributed by atoms with van der Waals surface area (Å²) in [6, 6.07) is 11.2. The highest BCUT2D eigenvalue weighted by Crippen LogP contribution is 2.13. The first-order valence-electron chi connectivity index (χ1n) is 5.79. The molecule has 0 saturated carbocycles. The number of halogens is 1. The molecule has 0 aliphatic rings. The Morgan fingerprint density at radius 1 is 1.21 bits per heavy atom. The molecular weight excluding hydrogens is 243 g/mol. The van der Waals surface area contributed by atoms with E-state index in [0.717, 1.165) is 0 Å². The van der Waals surface area contributed by atoms with Crippen molar-refractivity contribution in [1.82, 2.24) is 4.98 Å². The minimum atomic E-state index is -0.325. The molecule has 0 atom stereocenters. The van der Waals surface area contributed by atoms with Crippen molar-refractivity contribution < 1.29 is 9.18 Å². The fraction of sp³-hybridized carbons (Fsp3) is 0.0667. The average Bonchev–Trinajstić information content (AvgIpc) is 2.46. The van der Waals surface area contributed by atoms with Crippen LogP contribution >= 0.6 is 0 Å². The van der Waals surface area contributed by atoms with Gasteiger partial charge in [-0.2, -0.15) is 0 Å². The van der Waals surface area contributed by atoms with E-state index < -0.39 is 0 Å². The third kappa shape index (κ3) is 3.48. The van der Waals surface area contributed by atoms with Gasteiger partial charge in [0.25, 0.3) is 5.91 Å². The summed E-state index contributed by atoms with van der Waals surface area (Å²) in [5.41, 5.74) is 1.35. The molecule has 0 fully saturated rings. The third-order valence-electron chi connectivity index (χ3n) is 2.63. The Balaban J connectivity index is 2.07. The van der Waals surface area contributed by atoms with Crippen LogP contribution in [0.5, 0.6) is 0 Å². The minimum absolute atomic E-state index is 0.197. The van der Waals surface area contributed by atoms with Crippen molar-refractivity contribution in [2.75, 3.05) is 11.9 Å². The van der Waals surface area contributed by atoms with Crippen molar-refractivity contribution in [3.8, 4) is 0 Å². The number of aromatic nitrogens is 1. The number of pyridine rings is 1. The number of amides is 1. The lowest BCUT2D eigenvalue weighted by Gasteiger charge is -2.14. The van der Waals surface area contributed by atoms with Gasteiger partial charge >= 0.3 is 0 Å². The Labute approximate surface area is 111 Å². The summed E-state index contributed by atoms with van der Waals surface area (Å²) in [5.74, 6) is -0.522. The van der Waals surface area contributed by atoms with Crippen LogP contribution in [0.1, 0.15) is 5.69 Å². The Morgan fingerprint density at radius 2 is 1.95 bits per heavy atom. The highest BCUT2D eigenvalue weighted by atomic mass is 19.1. The van der Waals surface area contributed by atoms with Gasteiger partial charge in [0, 0.05) is 25.0 Å². The maximum Gasteiger partial charge on any atom is 0.250 e. The first kappa shape index (κ1) is 13.0. The van der Waals surface area contributed by atoms with Crippen molar-refractivity contribution in [2.45, 2.75) is 0 Å². The summed E-state index contributed by atoms with van der Waals surface area (Å²) in [7, 11) is 1.64. The average molecular weight is 256 g/mol. The maximum atomic E-state index is 12.8. The minimum Gasteiger partial charge on any atom is -0.312 e. The van der Waals surface area contributed by atoms with Gasteiger partial charge in [-0.05, 0) is 42.5 Å². The van der Waals surface area contributed by atoms with E-state index in [0.29, 0.717) is 11.4 Å². The second kappa shape index (κ2) is 5.91. The molecule has 4 heteroatoms. The summed E-state index contributed by atoms with van der Waals surface area (Å²) in [4.78, 5) is 17.4. The molecule has 1 aromatic carbocycles. The predicted octanol–water partition coefficient (Wildman–Crippen LogP) is 2.90. The van der Waals surface area contributed by atoms with Crippen LogP contribution in [-0.2, 0) is 4.79 Å². The van der Waals surface area contributed by atoms with Crippen LogP contribution in [0.4, 0.5) is 10.1 Å². The Morgan fingerprint density at radius 3 is 2.58 bits per heavy atom. The van der Waals surface area contributed by atoms with Gasteiger partial charge in [0.05, 0.1) is 5.69 Å². The number of hydrogen-bond donors (Lipinski definition) is 0. The fourth-order valence-electron chi connectivity index (χ4n) is 1.53. The first-order valence-corrected chi connectivity index (χ1v) is 5.79. The van der Waals surface area contributed by atoms with Gasteiger partial charge in [-0.3, -0.25) is 9.78 Å². The van der Waals surface area contributed by atoms with Gasteiger partial charge in [-0.1, -0.05) is 6.07 Å². The lowest BCUT2D eigenvalue weighted by atomic mass is 10.2. The zero-order valence-electron chi connectivity index (χ0n) is 10.5. The Bertz CT molecular complexity index is 579. The van der Waals surface area contributed by atoms with Gasteiger partial charge in [-0.25, -0.2) is 4.39 Å². The van der Waals surface area contributed by atoms with Gasteiger partial charge < -0.3 is 4.90 Å². The van der Waals surface area contributed by atoms with Gasteiger partial charge in [-0.15, -0.1) is 0 Å². The number of nitrogens with zero attached hydrogens (tertiary/aromatic N) is 2. The normalized spacial score (nSPS) is 10.6. The molecule has 19 heavy (non-hydrogen) atoms. The van der Waals surface area contributed by atoms with Gasteiger partial charge in [0.1, 0.15) is 5.82 Å². The molecule has 0 saturated heterocycles. The summed E-state index contributed by atoms with van der Waals surface area (Å²) in [6.07, 6.45) is 4.74. The largest absolute Gasteiger partial charge is 0.312 e. The summed E-state index contributed by atoms with van der Waals surface area (Å²) < 4.78 is 12.8. The molecule has 0 N–H and O–H groups in total. The maximum absolute atomic E-state index is 12.8. The van der Waals surface area contributed by atoms with Crippen molar-refractivity contribution in [2.24, 2.45) is 0 Å². The number of anilines is 1. The quantitative estimate of drug-likeness (QED) is 0.791. The smallest absolute Gasteiger partial charge is 0.250 e. The lowest BCUT2D eigenvalue weighted by Crippen LogP contribution is -2.23. The number of likely N-dealkylation sites (N-methyl/N-ethyl adjacent to an activating group) is 1. The van der Waals surface area contributed by atoms with Crippen molar-refractivity contribution in [3.63, 3.8) is 0 Å². The van der Waals surface area contributed by atoms with E-state index >= 15 is 0 Å². The number of carbonyl (C=O) groups is 1. The molecule has 1 amide bonds. The van der Waals surface area contributed by atoms with E-state index in [1.807, 2.05) is 18.2 Å². The fourth-order valence-corrected chi connectivity index (χ4v) is 1.53. The monoisotopic (exact) mass is 256 g/mol. The molecule has 0 radical (unpaired) electrons. The number of benzene rings is 1. The summed E-state index contributed by atoms with van der Waals surface area (Å²) in [6.45, 7) is 0. The number of hydrogen-bond acceptors (Lipinski definition) is 2. The molecule has 0 spiro atoms. The molecule has 0 aliphatic heterocycles. The Hall–Kier alpha value is -2.49. The Kier molecular flexibility index (Phi) is 4.03. The van der Waals surface area contributed by atoms with Crippen LogP contribution in [-0.4, -0.2) is 17.9 Å². The molecule has 2 aromatic rings. The molecule has 0 unspecified atom stereocenters. The van der Waals surface area contributed by atoms with Crippen molar-refractivity contribution >= 4 is 17.7 Å². The number of carbonyl (C=O) groups excluding carboxylic acids is 1. The zero-order chi connectivity index (χ0) is 13.7. The van der Waals surface area contributed by atoms with E-state index in [2.05, 4.69) is 4.98 Å². The van der Waals surface area contributed by atoms with Crippen molar-refractivity contribution in [3.05, 3.63) is 66.2 Å². The molecule has 1 aromatic heterocycles. The standard InChI is InChI=1S/C15H13FN2O/c1-18(14-8-5-12(16)6-9-14)15(19)10-7-13-4-2-3-11-17-13/h2-11H,1H3. The molecule has 96 valence electrons. The van der Waals surface area contributed by atoms with Crippen LogP contribution < -0.4 is 4.90 Å². The highest BCUT2D eigenvalue weighted by Gasteiger charge is 2.07. The topological polar surface area (TPSA) is 33.2 Å². The SMILES string of the molecule is CN(C(=O)C=Cc1ccccn1)c1ccc(F)cc1. The van der Waals surface area contributed by atoms with Crippen LogP contribution in [0.15, 0.2) is 54.7 Å². The molecule has 2 rings (SSSR count). The molecule has 0 bridgehead atoms. The predicted molar refractivity (Wildman–Crippen MR) is 73.1 cm³/mol. The van der Waals surface area contributed by atoms with E-state index in [9.17, 15) is 9.18 Å². The van der Waals surface area contributed by atoms with E-state index in [-0.39, 0.29) is 11.7 Å². The highest BCUT2D eigenvalue weighted by molar-refractivity contribution is 6.03. The second-order valence-electron chi connectivity index (χ2n) is 3.96. The molecule has 1 heterocycles. The summed E-state index contributed by atoms with van der Waals surface area (Å²) >= 11 is 0. The molecule has 0 aliphatic carbocycles. The van der Waals surface area contributed by atoms with Gasteiger partial charge in [0.15, 0.2) is 0 Å². The third-order valence-corrected chi connectivity index (χ3v) is 2.63. The van der Waals surface area contributed by atoms with Crippen LogP contribution in [0.25, 0.3) is 6.08 Å². The van der Waals surface area contributed by atoms with Crippen LogP contribution in [0.3, 0.4) is 0 Å². The van der Waals surface area contributed by atoms with Crippen LogP contribution in [0.2, 0.25) is 0 Å². The van der Waals surface area contributed by atoms with E-state index in [4.69, 9.17) is 0 Å². The number of rotatable bonds is 3.